The molecule has 3 aromatic carbocycles. The van der Waals surface area contributed by atoms with Crippen molar-refractivity contribution >= 4 is 38.4 Å². The van der Waals surface area contributed by atoms with Crippen molar-refractivity contribution in [1.29, 1.82) is 0 Å². The van der Waals surface area contributed by atoms with E-state index < -0.39 is 47.7 Å². The SMILES string of the molecule is O=C(Oc1c(CO)[nH]c2ccc3cc4ccccc4cc3c12)C1OC2(O)C(O)(C=CC3CCCC32O)C1O. The van der Waals surface area contributed by atoms with Crippen molar-refractivity contribution in [2.45, 2.75) is 55.1 Å². The number of H-pyrrole nitrogens is 1. The summed E-state index contributed by atoms with van der Waals surface area (Å²) in [7, 11) is 0. The normalized spacial score (nSPS) is 34.2. The van der Waals surface area contributed by atoms with E-state index in [-0.39, 0.29) is 17.9 Å². The molecule has 7 rings (SSSR count). The maximum absolute atomic E-state index is 13.5. The molecular weight excluding hydrogens is 490 g/mol. The monoisotopic (exact) mass is 517 g/mol. The first-order valence-electron chi connectivity index (χ1n) is 12.7. The topological polar surface area (TPSA) is 152 Å². The van der Waals surface area contributed by atoms with Gasteiger partial charge in [0.25, 0.3) is 0 Å². The lowest BCUT2D eigenvalue weighted by Crippen LogP contribution is -2.70. The summed E-state index contributed by atoms with van der Waals surface area (Å²) in [4.78, 5) is 16.6. The van der Waals surface area contributed by atoms with E-state index in [1.165, 1.54) is 6.08 Å². The second-order valence-corrected chi connectivity index (χ2v) is 10.7. The van der Waals surface area contributed by atoms with E-state index in [9.17, 15) is 30.3 Å². The fourth-order valence-electron chi connectivity index (χ4n) is 6.68. The molecule has 0 spiro atoms. The van der Waals surface area contributed by atoms with Gasteiger partial charge in [0.2, 0.25) is 5.79 Å². The molecule has 2 heterocycles. The second-order valence-electron chi connectivity index (χ2n) is 10.7. The molecule has 0 bridgehead atoms. The summed E-state index contributed by atoms with van der Waals surface area (Å²) in [5, 5.41) is 59.4. The van der Waals surface area contributed by atoms with Crippen molar-refractivity contribution in [2.24, 2.45) is 5.92 Å². The Labute approximate surface area is 216 Å². The second kappa shape index (κ2) is 7.86. The first kappa shape index (κ1) is 23.8. The van der Waals surface area contributed by atoms with Crippen LogP contribution in [0.3, 0.4) is 0 Å². The third-order valence-corrected chi connectivity index (χ3v) is 8.70. The number of carbonyl (C=O) groups is 1. The highest BCUT2D eigenvalue weighted by Gasteiger charge is 2.76. The molecule has 1 saturated heterocycles. The molecule has 1 aliphatic heterocycles. The molecule has 6 atom stereocenters. The van der Waals surface area contributed by atoms with Crippen molar-refractivity contribution in [3.63, 3.8) is 0 Å². The zero-order chi connectivity index (χ0) is 26.4. The van der Waals surface area contributed by atoms with Crippen LogP contribution in [0, 0.1) is 5.92 Å². The summed E-state index contributed by atoms with van der Waals surface area (Å²) < 4.78 is 11.4. The molecule has 2 aliphatic carbocycles. The van der Waals surface area contributed by atoms with Gasteiger partial charge in [-0.15, -0.1) is 0 Å². The number of nitrogens with one attached hydrogen (secondary N) is 1. The first-order chi connectivity index (χ1) is 18.2. The molecule has 0 radical (unpaired) electrons. The van der Waals surface area contributed by atoms with E-state index in [0.717, 1.165) is 21.5 Å². The number of carbonyl (C=O) groups excluding carboxylic acids is 1. The average Bonchev–Trinajstić information content (AvgIpc) is 3.54. The van der Waals surface area contributed by atoms with Crippen LogP contribution in [0.25, 0.3) is 32.4 Å². The van der Waals surface area contributed by atoms with Gasteiger partial charge in [0.05, 0.1) is 23.2 Å². The van der Waals surface area contributed by atoms with Crippen LogP contribution in [-0.2, 0) is 16.1 Å². The number of hydrogen-bond acceptors (Lipinski definition) is 8. The van der Waals surface area contributed by atoms with E-state index in [2.05, 4.69) is 4.98 Å². The zero-order valence-electron chi connectivity index (χ0n) is 20.3. The fraction of sp³-hybridized carbons (Fsp3) is 0.345. The average molecular weight is 518 g/mol. The van der Waals surface area contributed by atoms with Crippen LogP contribution < -0.4 is 4.74 Å². The summed E-state index contributed by atoms with van der Waals surface area (Å²) in [6.07, 6.45) is 0.329. The van der Waals surface area contributed by atoms with Crippen molar-refractivity contribution in [1.82, 2.24) is 4.98 Å². The molecular formula is C29H27NO8. The highest BCUT2D eigenvalue weighted by Crippen LogP contribution is 2.57. The number of rotatable bonds is 3. The molecule has 6 unspecified atom stereocenters. The lowest BCUT2D eigenvalue weighted by Gasteiger charge is -2.49. The van der Waals surface area contributed by atoms with E-state index in [0.29, 0.717) is 23.7 Å². The van der Waals surface area contributed by atoms with Crippen LogP contribution in [0.1, 0.15) is 25.0 Å². The summed E-state index contributed by atoms with van der Waals surface area (Å²) in [5.41, 5.74) is -3.42. The number of aromatic nitrogens is 1. The van der Waals surface area contributed by atoms with Gasteiger partial charge in [-0.05, 0) is 65.1 Å². The molecule has 3 aliphatic rings. The van der Waals surface area contributed by atoms with Gasteiger partial charge in [-0.3, -0.25) is 0 Å². The highest BCUT2D eigenvalue weighted by atomic mass is 16.7. The Kier molecular flexibility index (Phi) is 4.92. The predicted molar refractivity (Wildman–Crippen MR) is 137 cm³/mol. The third-order valence-electron chi connectivity index (χ3n) is 8.70. The molecule has 6 N–H and O–H groups in total. The quantitative estimate of drug-likeness (QED) is 0.137. The van der Waals surface area contributed by atoms with Crippen molar-refractivity contribution in [2.75, 3.05) is 0 Å². The molecule has 2 fully saturated rings. The molecule has 38 heavy (non-hydrogen) atoms. The first-order valence-corrected chi connectivity index (χ1v) is 12.7. The van der Waals surface area contributed by atoms with Crippen LogP contribution in [0.2, 0.25) is 0 Å². The van der Waals surface area contributed by atoms with Gasteiger partial charge in [-0.25, -0.2) is 4.79 Å². The number of aliphatic hydroxyl groups is 5. The molecule has 0 amide bonds. The molecule has 9 heteroatoms. The minimum absolute atomic E-state index is 0.0611. The minimum atomic E-state index is -2.61. The predicted octanol–water partition coefficient (Wildman–Crippen LogP) is 2.15. The van der Waals surface area contributed by atoms with Crippen molar-refractivity contribution in [3.8, 4) is 5.75 Å². The Balaban J connectivity index is 1.31. The van der Waals surface area contributed by atoms with E-state index in [1.54, 1.807) is 6.08 Å². The summed E-state index contributed by atoms with van der Waals surface area (Å²) in [6.45, 7) is -0.460. The largest absolute Gasteiger partial charge is 0.422 e. The van der Waals surface area contributed by atoms with Gasteiger partial charge < -0.3 is 40.0 Å². The molecule has 9 nitrogen and oxygen atoms in total. The van der Waals surface area contributed by atoms with Gasteiger partial charge >= 0.3 is 5.97 Å². The van der Waals surface area contributed by atoms with Crippen LogP contribution in [0.15, 0.2) is 60.7 Å². The zero-order valence-corrected chi connectivity index (χ0v) is 20.3. The lowest BCUT2D eigenvalue weighted by molar-refractivity contribution is -0.342. The highest BCUT2D eigenvalue weighted by molar-refractivity contribution is 6.14. The van der Waals surface area contributed by atoms with Gasteiger partial charge in [0, 0.05) is 5.92 Å². The van der Waals surface area contributed by atoms with Crippen molar-refractivity contribution < 1.29 is 39.8 Å². The number of aromatic amines is 1. The number of esters is 1. The molecule has 196 valence electrons. The number of benzene rings is 3. The summed E-state index contributed by atoms with van der Waals surface area (Å²) in [5.74, 6) is -4.12. The maximum atomic E-state index is 13.5. The van der Waals surface area contributed by atoms with Crippen molar-refractivity contribution in [3.05, 3.63) is 66.4 Å². The van der Waals surface area contributed by atoms with Crippen LogP contribution in [-0.4, -0.2) is 65.7 Å². The smallest absolute Gasteiger partial charge is 0.343 e. The minimum Gasteiger partial charge on any atom is -0.422 e. The van der Waals surface area contributed by atoms with E-state index in [1.807, 2.05) is 48.5 Å². The standard InChI is InChI=1S/C29H27NO8/c31-14-21-23(22-19-13-16-5-2-1-4-15(16)12-17(19)7-8-20(22)30-21)37-26(33)24-25(32)28(35)11-9-18-6-3-10-27(18,34)29(28,36)38-24/h1-2,4-5,7-9,11-13,18,24-25,30-32,34-36H,3,6,10,14H2. The maximum Gasteiger partial charge on any atom is 0.343 e. The Morgan fingerprint density at radius 3 is 2.61 bits per heavy atom. The number of fused-ring (bicyclic) bond motifs is 7. The Hall–Kier alpha value is -3.31. The van der Waals surface area contributed by atoms with Crippen LogP contribution in [0.5, 0.6) is 5.75 Å². The molecule has 1 saturated carbocycles. The molecule has 1 aromatic heterocycles. The van der Waals surface area contributed by atoms with Crippen LogP contribution in [0.4, 0.5) is 0 Å². The molecule has 4 aromatic rings. The van der Waals surface area contributed by atoms with E-state index in [4.69, 9.17) is 9.47 Å². The lowest BCUT2D eigenvalue weighted by atomic mass is 9.68. The van der Waals surface area contributed by atoms with Gasteiger partial charge in [-0.1, -0.05) is 36.4 Å². The Morgan fingerprint density at radius 1 is 1.08 bits per heavy atom. The third kappa shape index (κ3) is 2.88. The van der Waals surface area contributed by atoms with E-state index >= 15 is 0 Å². The van der Waals surface area contributed by atoms with Gasteiger partial charge in [-0.2, -0.15) is 0 Å². The number of aliphatic hydroxyl groups excluding tert-OH is 2. The fourth-order valence-corrected chi connectivity index (χ4v) is 6.68. The summed E-state index contributed by atoms with van der Waals surface area (Å²) in [6, 6.07) is 15.6. The van der Waals surface area contributed by atoms with Gasteiger partial charge in [0.1, 0.15) is 11.7 Å². The summed E-state index contributed by atoms with van der Waals surface area (Å²) >= 11 is 0. The number of ether oxygens (including phenoxy) is 2. The Bertz CT molecular complexity index is 1660. The number of hydrogen-bond donors (Lipinski definition) is 6. The van der Waals surface area contributed by atoms with Gasteiger partial charge in [0.15, 0.2) is 17.5 Å². The van der Waals surface area contributed by atoms with Crippen LogP contribution >= 0.6 is 0 Å². The Morgan fingerprint density at radius 2 is 1.84 bits per heavy atom.